The van der Waals surface area contributed by atoms with E-state index in [1.807, 2.05) is 0 Å². The third-order valence-corrected chi connectivity index (χ3v) is 19.8. The van der Waals surface area contributed by atoms with Gasteiger partial charge < -0.3 is 0 Å². The van der Waals surface area contributed by atoms with Gasteiger partial charge >= 0.3 is 0 Å². The van der Waals surface area contributed by atoms with Crippen molar-refractivity contribution < 1.29 is 0 Å². The second-order valence-electron chi connectivity index (χ2n) is 10.8. The molecule has 1 aromatic rings. The van der Waals surface area contributed by atoms with Crippen LogP contribution in [0, 0.1) is 5.41 Å². The van der Waals surface area contributed by atoms with Crippen LogP contribution in [-0.4, -0.2) is 22.8 Å². The van der Waals surface area contributed by atoms with Crippen molar-refractivity contribution in [2.45, 2.75) is 71.5 Å². The Bertz CT molecular complexity index is 674. The molecule has 0 saturated carbocycles. The Labute approximate surface area is 167 Å². The van der Waals surface area contributed by atoms with Crippen LogP contribution in [0.25, 0.3) is 0 Å². The summed E-state index contributed by atoms with van der Waals surface area (Å²) in [5, 5.41) is 1.55. The van der Waals surface area contributed by atoms with Gasteiger partial charge in [-0.3, -0.25) is 0 Å². The van der Waals surface area contributed by atoms with Gasteiger partial charge in [0.15, 0.2) is 0 Å². The number of allylic oxidation sites excluding steroid dienone is 1. The van der Waals surface area contributed by atoms with Crippen molar-refractivity contribution in [2.75, 3.05) is 0 Å². The molecule has 0 aliphatic carbocycles. The molecule has 1 atom stereocenters. The minimum absolute atomic E-state index is 0.129. The lowest BCUT2D eigenvalue weighted by atomic mass is 9.80. The first-order valence-corrected chi connectivity index (χ1v) is 20.3. The Balaban J connectivity index is 2.90. The van der Waals surface area contributed by atoms with E-state index in [9.17, 15) is 0 Å². The molecular formula is C20H34Cl2Si3. The van der Waals surface area contributed by atoms with E-state index < -0.39 is 22.8 Å². The first-order valence-electron chi connectivity index (χ1n) is 9.25. The second-order valence-corrected chi connectivity index (χ2v) is 27.8. The molecular weight excluding hydrogens is 395 g/mol. The summed E-state index contributed by atoms with van der Waals surface area (Å²) in [5.74, 6) is 0. The van der Waals surface area contributed by atoms with Crippen molar-refractivity contribution >= 4 is 45.0 Å². The van der Waals surface area contributed by atoms with Crippen LogP contribution in [-0.2, 0) is 5.04 Å². The number of rotatable bonds is 4. The minimum Gasteiger partial charge on any atom is -0.139 e. The highest BCUT2D eigenvalue weighted by atomic mass is 35.7. The molecule has 0 amide bonds. The number of halogens is 2. The molecule has 0 bridgehead atoms. The zero-order chi connectivity index (χ0) is 19.5. The fraction of sp³-hybridized carbons (Fsp3) is 0.600. The molecule has 2 rings (SSSR count). The summed E-state index contributed by atoms with van der Waals surface area (Å²) in [7, 11) is -3.14. The molecule has 1 aliphatic rings. The monoisotopic (exact) mass is 428 g/mol. The molecule has 0 spiro atoms. The van der Waals surface area contributed by atoms with Crippen molar-refractivity contribution in [3.63, 3.8) is 0 Å². The maximum Gasteiger partial charge on any atom is 0.286 e. The van der Waals surface area contributed by atoms with E-state index >= 15 is 0 Å². The van der Waals surface area contributed by atoms with Gasteiger partial charge in [0.25, 0.3) is 6.69 Å². The van der Waals surface area contributed by atoms with Crippen molar-refractivity contribution in [1.29, 1.82) is 0 Å². The van der Waals surface area contributed by atoms with E-state index in [1.54, 1.807) is 5.20 Å². The van der Waals surface area contributed by atoms with E-state index in [1.165, 1.54) is 10.4 Å². The third kappa shape index (κ3) is 3.64. The number of hydrogen-bond donors (Lipinski definition) is 0. The van der Waals surface area contributed by atoms with Gasteiger partial charge in [0, 0.05) is 5.04 Å². The van der Waals surface area contributed by atoms with E-state index in [0.717, 1.165) is 6.42 Å². The van der Waals surface area contributed by atoms with Gasteiger partial charge in [-0.1, -0.05) is 100 Å². The molecule has 1 aliphatic heterocycles. The van der Waals surface area contributed by atoms with Crippen LogP contribution < -0.4 is 0 Å². The van der Waals surface area contributed by atoms with Crippen LogP contribution in [0.4, 0.5) is 0 Å². The Morgan fingerprint density at radius 3 is 1.72 bits per heavy atom. The molecule has 0 radical (unpaired) electrons. The summed E-state index contributed by atoms with van der Waals surface area (Å²) in [6, 6.07) is 10.9. The van der Waals surface area contributed by atoms with Crippen LogP contribution in [0.5, 0.6) is 0 Å². The summed E-state index contributed by atoms with van der Waals surface area (Å²) < 4.78 is 0. The molecule has 1 heterocycles. The molecule has 0 N–H and O–H groups in total. The standard InChI is InChI=1S/C20H34Cl2Si3/c1-19(2,3)15-20(16-13-11-10-12-14-16)17(23(4,5)6)18(24(7,8)9)25(20,21)22/h10-14H,15H2,1-9H3. The Morgan fingerprint density at radius 2 is 1.36 bits per heavy atom. The molecule has 5 heteroatoms. The quantitative estimate of drug-likeness (QED) is 0.345. The summed E-state index contributed by atoms with van der Waals surface area (Å²) in [6.45, 7) is 19.0. The maximum absolute atomic E-state index is 7.42. The van der Waals surface area contributed by atoms with Crippen LogP contribution in [0.15, 0.2) is 40.3 Å². The third-order valence-electron chi connectivity index (χ3n) is 5.09. The van der Waals surface area contributed by atoms with Crippen molar-refractivity contribution in [1.82, 2.24) is 0 Å². The second kappa shape index (κ2) is 6.37. The van der Waals surface area contributed by atoms with Gasteiger partial charge in [-0.2, -0.15) is 0 Å². The average Bonchev–Trinajstić information content (AvgIpc) is 2.39. The van der Waals surface area contributed by atoms with E-state index in [-0.39, 0.29) is 10.5 Å². The molecule has 1 aromatic carbocycles. The average molecular weight is 430 g/mol. The molecule has 140 valence electrons. The predicted molar refractivity (Wildman–Crippen MR) is 123 cm³/mol. The number of hydrogen-bond acceptors (Lipinski definition) is 0. The lowest BCUT2D eigenvalue weighted by molar-refractivity contribution is 0.331. The molecule has 1 unspecified atom stereocenters. The van der Waals surface area contributed by atoms with Gasteiger partial charge in [0.05, 0.1) is 16.1 Å². The fourth-order valence-corrected chi connectivity index (χ4v) is 28.8. The Morgan fingerprint density at radius 1 is 0.880 bits per heavy atom. The summed E-state index contributed by atoms with van der Waals surface area (Å²) in [6.07, 6.45) is 1.04. The molecule has 0 nitrogen and oxygen atoms in total. The van der Waals surface area contributed by atoms with Crippen LogP contribution >= 0.6 is 22.2 Å². The van der Waals surface area contributed by atoms with Gasteiger partial charge in [-0.15, -0.1) is 22.2 Å². The zero-order valence-electron chi connectivity index (χ0n) is 17.3. The van der Waals surface area contributed by atoms with E-state index in [2.05, 4.69) is 90.4 Å². The topological polar surface area (TPSA) is 0 Å². The lowest BCUT2D eigenvalue weighted by Gasteiger charge is -2.62. The molecule has 0 fully saturated rings. The van der Waals surface area contributed by atoms with Gasteiger partial charge in [-0.25, -0.2) is 0 Å². The van der Waals surface area contributed by atoms with Crippen molar-refractivity contribution in [2.24, 2.45) is 5.41 Å². The highest BCUT2D eigenvalue weighted by Crippen LogP contribution is 2.66. The first kappa shape index (κ1) is 21.5. The minimum atomic E-state index is -2.60. The smallest absolute Gasteiger partial charge is 0.139 e. The van der Waals surface area contributed by atoms with Crippen LogP contribution in [0.3, 0.4) is 0 Å². The highest BCUT2D eigenvalue weighted by Gasteiger charge is 2.70. The predicted octanol–water partition coefficient (Wildman–Crippen LogP) is 7.42. The first-order chi connectivity index (χ1) is 11.1. The van der Waals surface area contributed by atoms with Gasteiger partial charge in [0.1, 0.15) is 0 Å². The van der Waals surface area contributed by atoms with E-state index in [0.29, 0.717) is 0 Å². The van der Waals surface area contributed by atoms with Gasteiger partial charge in [-0.05, 0) is 17.4 Å². The summed E-state index contributed by atoms with van der Waals surface area (Å²) in [4.78, 5) is 1.54. The fourth-order valence-electron chi connectivity index (χ4n) is 4.68. The Hall–Kier alpha value is 0.191. The largest absolute Gasteiger partial charge is 0.286 e. The van der Waals surface area contributed by atoms with Crippen LogP contribution in [0.2, 0.25) is 39.3 Å². The SMILES string of the molecule is CC(C)(C)CC1(c2ccccc2)C([Si](C)(C)C)=C([Si](C)(C)C)[Si]1(Cl)Cl. The Kier molecular flexibility index (Phi) is 5.48. The lowest BCUT2D eigenvalue weighted by Crippen LogP contribution is -2.70. The zero-order valence-corrected chi connectivity index (χ0v) is 21.9. The van der Waals surface area contributed by atoms with Gasteiger partial charge in [0.2, 0.25) is 0 Å². The number of benzene rings is 1. The summed E-state index contributed by atoms with van der Waals surface area (Å²) >= 11 is 14.8. The van der Waals surface area contributed by atoms with Crippen molar-refractivity contribution in [3.05, 3.63) is 45.9 Å². The molecule has 0 saturated heterocycles. The van der Waals surface area contributed by atoms with Crippen molar-refractivity contribution in [3.8, 4) is 0 Å². The molecule has 25 heavy (non-hydrogen) atoms. The molecule has 0 aromatic heterocycles. The van der Waals surface area contributed by atoms with E-state index in [4.69, 9.17) is 22.2 Å². The summed E-state index contributed by atoms with van der Waals surface area (Å²) in [5.41, 5.74) is 1.52. The van der Waals surface area contributed by atoms with Crippen LogP contribution in [0.1, 0.15) is 32.8 Å². The highest BCUT2D eigenvalue weighted by molar-refractivity contribution is 7.55. The normalized spacial score (nSPS) is 24.3. The maximum atomic E-state index is 7.42.